The van der Waals surface area contributed by atoms with Gasteiger partial charge in [0.2, 0.25) is 0 Å². The maximum Gasteiger partial charge on any atom is 0.0537 e. The van der Waals surface area contributed by atoms with Crippen molar-refractivity contribution in [1.29, 1.82) is 0 Å². The topological polar surface area (TPSA) is 36.3 Å². The summed E-state index contributed by atoms with van der Waals surface area (Å²) in [6, 6.07) is 10.8. The quantitative estimate of drug-likeness (QED) is 0.784. The van der Waals surface area contributed by atoms with Crippen LogP contribution in [-0.4, -0.2) is 53.9 Å². The van der Waals surface area contributed by atoms with Gasteiger partial charge in [0.1, 0.15) is 0 Å². The van der Waals surface area contributed by atoms with E-state index in [0.717, 1.165) is 32.7 Å². The van der Waals surface area contributed by atoms with Gasteiger partial charge in [0.25, 0.3) is 0 Å². The van der Waals surface area contributed by atoms with E-state index in [-0.39, 0.29) is 0 Å². The van der Waals surface area contributed by atoms with Crippen LogP contribution in [0, 0.1) is 0 Å². The summed E-state index contributed by atoms with van der Waals surface area (Å²) in [7, 11) is 0. The zero-order chi connectivity index (χ0) is 16.9. The lowest BCUT2D eigenvalue weighted by Crippen LogP contribution is -2.46. The molecule has 2 aromatic rings. The number of aromatic nitrogens is 2. The Balaban J connectivity index is 1.12. The Morgan fingerprint density at radius 1 is 1.00 bits per heavy atom. The second-order valence-corrected chi connectivity index (χ2v) is 7.14. The number of nitrogens with one attached hydrogen (secondary N) is 1. The lowest BCUT2D eigenvalue weighted by Gasteiger charge is -2.36. The Kier molecular flexibility index (Phi) is 5.33. The molecule has 1 fully saturated rings. The van der Waals surface area contributed by atoms with Crippen LogP contribution in [0.1, 0.15) is 24.1 Å². The van der Waals surface area contributed by atoms with Crippen LogP contribution in [0.3, 0.4) is 0 Å². The predicted octanol–water partition coefficient (Wildman–Crippen LogP) is 2.13. The smallest absolute Gasteiger partial charge is 0.0537 e. The molecule has 1 aromatic carbocycles. The molecular weight excluding hydrogens is 310 g/mol. The molecule has 0 aliphatic carbocycles. The third-order valence-corrected chi connectivity index (χ3v) is 5.46. The summed E-state index contributed by atoms with van der Waals surface area (Å²) >= 11 is 0. The molecule has 0 radical (unpaired) electrons. The van der Waals surface area contributed by atoms with Crippen molar-refractivity contribution in [1.82, 2.24) is 20.0 Å². The molecular formula is C20H29N5. The molecule has 5 heteroatoms. The fraction of sp³-hybridized carbons (Fsp3) is 0.550. The minimum Gasteiger partial charge on any atom is -0.369 e. The largest absolute Gasteiger partial charge is 0.369 e. The van der Waals surface area contributed by atoms with Crippen molar-refractivity contribution in [3.8, 4) is 0 Å². The van der Waals surface area contributed by atoms with Crippen molar-refractivity contribution >= 4 is 5.69 Å². The number of piperazine rings is 1. The van der Waals surface area contributed by atoms with Crippen LogP contribution in [0.2, 0.25) is 0 Å². The molecule has 0 unspecified atom stereocenters. The summed E-state index contributed by atoms with van der Waals surface area (Å²) in [6.45, 7) is 8.98. The number of nitrogens with zero attached hydrogens (tertiary/aromatic N) is 4. The molecule has 0 atom stereocenters. The minimum atomic E-state index is 0.969. The highest BCUT2D eigenvalue weighted by molar-refractivity contribution is 5.46. The Bertz CT molecular complexity index is 658. The van der Waals surface area contributed by atoms with Gasteiger partial charge in [0, 0.05) is 56.2 Å². The van der Waals surface area contributed by atoms with Gasteiger partial charge in [-0.3, -0.25) is 9.58 Å². The zero-order valence-corrected chi connectivity index (χ0v) is 15.0. The van der Waals surface area contributed by atoms with E-state index in [4.69, 9.17) is 0 Å². The fourth-order valence-corrected chi connectivity index (χ4v) is 3.99. The molecule has 2 aliphatic heterocycles. The van der Waals surface area contributed by atoms with E-state index < -0.39 is 0 Å². The van der Waals surface area contributed by atoms with Crippen molar-refractivity contribution in [2.45, 2.75) is 32.4 Å². The van der Waals surface area contributed by atoms with Crippen molar-refractivity contribution < 1.29 is 0 Å². The lowest BCUT2D eigenvalue weighted by molar-refractivity contribution is 0.254. The Morgan fingerprint density at radius 2 is 1.84 bits per heavy atom. The second-order valence-electron chi connectivity index (χ2n) is 7.14. The number of anilines is 1. The van der Waals surface area contributed by atoms with Crippen LogP contribution in [0.5, 0.6) is 0 Å². The second kappa shape index (κ2) is 8.02. The summed E-state index contributed by atoms with van der Waals surface area (Å²) < 4.78 is 2.17. The van der Waals surface area contributed by atoms with E-state index >= 15 is 0 Å². The first-order valence-electron chi connectivity index (χ1n) is 9.67. The van der Waals surface area contributed by atoms with Crippen molar-refractivity contribution in [3.63, 3.8) is 0 Å². The first kappa shape index (κ1) is 16.6. The van der Waals surface area contributed by atoms with Crippen LogP contribution in [0.15, 0.2) is 36.5 Å². The molecule has 3 heterocycles. The highest BCUT2D eigenvalue weighted by Crippen LogP contribution is 2.18. The number of hydrogen-bond donors (Lipinski definition) is 1. The van der Waals surface area contributed by atoms with Crippen LogP contribution in [0.25, 0.3) is 0 Å². The van der Waals surface area contributed by atoms with Gasteiger partial charge in [-0.2, -0.15) is 5.10 Å². The zero-order valence-electron chi connectivity index (χ0n) is 15.0. The Labute approximate surface area is 150 Å². The van der Waals surface area contributed by atoms with E-state index in [9.17, 15) is 0 Å². The number of rotatable bonds is 7. The molecule has 1 saturated heterocycles. The standard InChI is InChI=1S/C20H29N5/c1-2-6-19(7-3-1)24-14-12-23(13-15-24)10-5-9-21-16-18-17-22-25-11-4-8-20(18)25/h1-3,6-7,17,21H,4-5,8-16H2. The number of aryl methyl sites for hydroxylation is 1. The number of hydrogen-bond acceptors (Lipinski definition) is 4. The Morgan fingerprint density at radius 3 is 2.68 bits per heavy atom. The van der Waals surface area contributed by atoms with Gasteiger partial charge in [-0.1, -0.05) is 18.2 Å². The number of para-hydroxylation sites is 1. The molecule has 0 amide bonds. The molecule has 2 aliphatic rings. The molecule has 5 nitrogen and oxygen atoms in total. The highest BCUT2D eigenvalue weighted by atomic mass is 15.3. The maximum absolute atomic E-state index is 4.46. The van der Waals surface area contributed by atoms with Crippen LogP contribution >= 0.6 is 0 Å². The van der Waals surface area contributed by atoms with Crippen LogP contribution < -0.4 is 10.2 Å². The summed E-state index contributed by atoms with van der Waals surface area (Å²) in [5.41, 5.74) is 4.20. The van der Waals surface area contributed by atoms with Crippen molar-refractivity contribution in [2.75, 3.05) is 44.2 Å². The van der Waals surface area contributed by atoms with Crippen LogP contribution in [0.4, 0.5) is 5.69 Å². The molecule has 0 spiro atoms. The van der Waals surface area contributed by atoms with Gasteiger partial charge in [-0.15, -0.1) is 0 Å². The van der Waals surface area contributed by atoms with Gasteiger partial charge in [-0.05, 0) is 44.5 Å². The minimum absolute atomic E-state index is 0.969. The summed E-state index contributed by atoms with van der Waals surface area (Å²) in [6.07, 6.45) is 5.72. The van der Waals surface area contributed by atoms with Gasteiger partial charge in [0.15, 0.2) is 0 Å². The van der Waals surface area contributed by atoms with Gasteiger partial charge >= 0.3 is 0 Å². The normalized spacial score (nSPS) is 17.8. The third-order valence-electron chi connectivity index (χ3n) is 5.46. The van der Waals surface area contributed by atoms with E-state index in [1.54, 1.807) is 0 Å². The third kappa shape index (κ3) is 4.05. The maximum atomic E-state index is 4.46. The Hall–Kier alpha value is -1.85. The first-order chi connectivity index (χ1) is 12.4. The fourth-order valence-electron chi connectivity index (χ4n) is 3.99. The summed E-state index contributed by atoms with van der Waals surface area (Å²) in [4.78, 5) is 5.09. The molecule has 1 N–H and O–H groups in total. The predicted molar refractivity (Wildman–Crippen MR) is 102 cm³/mol. The van der Waals surface area contributed by atoms with Gasteiger partial charge in [-0.25, -0.2) is 0 Å². The average molecular weight is 339 g/mol. The van der Waals surface area contributed by atoms with Gasteiger partial charge in [0.05, 0.1) is 6.20 Å². The molecule has 1 aromatic heterocycles. The van der Waals surface area contributed by atoms with Crippen LogP contribution in [-0.2, 0) is 19.5 Å². The molecule has 134 valence electrons. The van der Waals surface area contributed by atoms with Crippen molar-refractivity contribution in [2.24, 2.45) is 0 Å². The van der Waals surface area contributed by atoms with E-state index in [1.165, 1.54) is 55.8 Å². The van der Waals surface area contributed by atoms with Crippen molar-refractivity contribution in [3.05, 3.63) is 47.8 Å². The molecule has 0 bridgehead atoms. The van der Waals surface area contributed by atoms with Gasteiger partial charge < -0.3 is 10.2 Å². The van der Waals surface area contributed by atoms with E-state index in [0.29, 0.717) is 0 Å². The SMILES string of the molecule is c1ccc(N2CCN(CCCNCc3cnn4c3CCC4)CC2)cc1. The highest BCUT2D eigenvalue weighted by Gasteiger charge is 2.17. The summed E-state index contributed by atoms with van der Waals surface area (Å²) in [5, 5.41) is 8.07. The average Bonchev–Trinajstić information content (AvgIpc) is 3.27. The molecule has 25 heavy (non-hydrogen) atoms. The lowest BCUT2D eigenvalue weighted by atomic mass is 10.2. The monoisotopic (exact) mass is 339 g/mol. The number of fused-ring (bicyclic) bond motifs is 1. The van der Waals surface area contributed by atoms with E-state index in [1.807, 2.05) is 6.20 Å². The van der Waals surface area contributed by atoms with E-state index in [2.05, 4.69) is 55.2 Å². The first-order valence-corrected chi connectivity index (χ1v) is 9.67. The summed E-state index contributed by atoms with van der Waals surface area (Å²) in [5.74, 6) is 0. The molecule has 0 saturated carbocycles. The number of benzene rings is 1. The molecule has 4 rings (SSSR count).